The molecule has 32 heavy (non-hydrogen) atoms. The summed E-state index contributed by atoms with van der Waals surface area (Å²) in [6.07, 6.45) is 0. The van der Waals surface area contributed by atoms with Crippen LogP contribution in [0.4, 0.5) is 5.69 Å². The lowest BCUT2D eigenvalue weighted by atomic mass is 10.2. The lowest BCUT2D eigenvalue weighted by Gasteiger charge is -2.16. The monoisotopic (exact) mass is 474 g/mol. The van der Waals surface area contributed by atoms with E-state index in [1.165, 1.54) is 32.2 Å². The fourth-order valence-corrected chi connectivity index (χ4v) is 4.47. The molecular weight excluding hydrogens is 452 g/mol. The highest BCUT2D eigenvalue weighted by Crippen LogP contribution is 2.27. The second-order valence-corrected chi connectivity index (χ2v) is 9.04. The zero-order valence-corrected chi connectivity index (χ0v) is 19.1. The molecule has 3 rings (SSSR count). The third-order valence-electron chi connectivity index (χ3n) is 4.51. The molecule has 2 N–H and O–H groups in total. The first kappa shape index (κ1) is 23.6. The summed E-state index contributed by atoms with van der Waals surface area (Å²) in [6, 6.07) is 19.8. The highest BCUT2D eigenvalue weighted by Gasteiger charge is 2.25. The fourth-order valence-electron chi connectivity index (χ4n) is 2.84. The second kappa shape index (κ2) is 10.5. The molecule has 0 radical (unpaired) electrons. The number of rotatable bonds is 9. The van der Waals surface area contributed by atoms with E-state index < -0.39 is 22.0 Å². The van der Waals surface area contributed by atoms with Crippen LogP contribution < -0.4 is 19.5 Å². The number of hydrogen-bond acceptors (Lipinski definition) is 5. The Kier molecular flexibility index (Phi) is 7.74. The Morgan fingerprint density at radius 3 is 2.38 bits per heavy atom. The summed E-state index contributed by atoms with van der Waals surface area (Å²) in [5, 5.41) is 2.91. The third kappa shape index (κ3) is 6.23. The molecule has 9 heteroatoms. The number of methoxy groups -OCH3 is 1. The zero-order valence-electron chi connectivity index (χ0n) is 17.5. The van der Waals surface area contributed by atoms with Crippen LogP contribution >= 0.6 is 11.6 Å². The van der Waals surface area contributed by atoms with Gasteiger partial charge >= 0.3 is 0 Å². The summed E-state index contributed by atoms with van der Waals surface area (Å²) >= 11 is 5.92. The number of benzene rings is 3. The van der Waals surface area contributed by atoms with Crippen molar-refractivity contribution in [3.63, 3.8) is 0 Å². The molecule has 3 aromatic carbocycles. The van der Waals surface area contributed by atoms with Crippen LogP contribution in [-0.2, 0) is 21.4 Å². The predicted molar refractivity (Wildman–Crippen MR) is 124 cm³/mol. The molecule has 0 aliphatic heterocycles. The summed E-state index contributed by atoms with van der Waals surface area (Å²) in [5.74, 6) is 0.252. The smallest absolute Gasteiger partial charge is 0.245 e. The van der Waals surface area contributed by atoms with Crippen molar-refractivity contribution < 1.29 is 22.7 Å². The molecule has 0 fully saturated rings. The van der Waals surface area contributed by atoms with Crippen LogP contribution in [0.1, 0.15) is 12.5 Å². The van der Waals surface area contributed by atoms with E-state index in [-0.39, 0.29) is 15.7 Å². The molecule has 0 saturated heterocycles. The highest BCUT2D eigenvalue weighted by molar-refractivity contribution is 7.89. The van der Waals surface area contributed by atoms with Gasteiger partial charge in [0.25, 0.3) is 0 Å². The van der Waals surface area contributed by atoms with E-state index in [9.17, 15) is 13.2 Å². The Hall–Kier alpha value is -3.07. The van der Waals surface area contributed by atoms with Gasteiger partial charge in [0, 0.05) is 10.7 Å². The van der Waals surface area contributed by atoms with Crippen molar-refractivity contribution in [3.05, 3.63) is 83.4 Å². The van der Waals surface area contributed by atoms with E-state index in [0.29, 0.717) is 18.0 Å². The van der Waals surface area contributed by atoms with E-state index in [1.807, 2.05) is 30.3 Å². The maximum absolute atomic E-state index is 12.7. The van der Waals surface area contributed by atoms with E-state index in [2.05, 4.69) is 10.0 Å². The second-order valence-electron chi connectivity index (χ2n) is 6.93. The Balaban J connectivity index is 1.60. The van der Waals surface area contributed by atoms with Crippen molar-refractivity contribution in [2.45, 2.75) is 24.5 Å². The lowest BCUT2D eigenvalue weighted by Crippen LogP contribution is -2.41. The number of amides is 1. The van der Waals surface area contributed by atoms with Gasteiger partial charge in [0.15, 0.2) is 0 Å². The van der Waals surface area contributed by atoms with E-state index in [1.54, 1.807) is 24.3 Å². The number of halogens is 1. The quantitative estimate of drug-likeness (QED) is 0.484. The molecule has 168 valence electrons. The predicted octanol–water partition coefficient (Wildman–Crippen LogP) is 4.23. The molecule has 7 nitrogen and oxygen atoms in total. The summed E-state index contributed by atoms with van der Waals surface area (Å²) in [4.78, 5) is 12.4. The molecule has 0 aliphatic rings. The molecule has 3 aromatic rings. The number of ether oxygens (including phenoxy) is 2. The molecule has 0 saturated carbocycles. The Labute approximate surface area is 192 Å². The summed E-state index contributed by atoms with van der Waals surface area (Å²) in [6.45, 7) is 1.87. The Morgan fingerprint density at radius 2 is 1.72 bits per heavy atom. The summed E-state index contributed by atoms with van der Waals surface area (Å²) < 4.78 is 38.6. The van der Waals surface area contributed by atoms with Crippen LogP contribution in [0.3, 0.4) is 0 Å². The van der Waals surface area contributed by atoms with Crippen LogP contribution in [0.2, 0.25) is 5.02 Å². The molecular formula is C23H23ClN2O5S. The minimum Gasteiger partial charge on any atom is -0.495 e. The van der Waals surface area contributed by atoms with E-state index in [0.717, 1.165) is 5.56 Å². The minimum atomic E-state index is -4.04. The van der Waals surface area contributed by atoms with Crippen molar-refractivity contribution in [3.8, 4) is 11.5 Å². The van der Waals surface area contributed by atoms with Crippen molar-refractivity contribution in [1.82, 2.24) is 4.72 Å². The van der Waals surface area contributed by atoms with Crippen LogP contribution in [0.25, 0.3) is 0 Å². The maximum Gasteiger partial charge on any atom is 0.245 e. The van der Waals surface area contributed by atoms with Crippen molar-refractivity contribution >= 4 is 33.2 Å². The van der Waals surface area contributed by atoms with Gasteiger partial charge in [0.2, 0.25) is 15.9 Å². The molecule has 0 spiro atoms. The largest absolute Gasteiger partial charge is 0.495 e. The summed E-state index contributed by atoms with van der Waals surface area (Å²) in [5.41, 5.74) is 1.55. The van der Waals surface area contributed by atoms with Crippen molar-refractivity contribution in [2.24, 2.45) is 0 Å². The zero-order chi connectivity index (χ0) is 23.1. The maximum atomic E-state index is 12.7. The van der Waals surface area contributed by atoms with Gasteiger partial charge < -0.3 is 14.8 Å². The average molecular weight is 475 g/mol. The van der Waals surface area contributed by atoms with Gasteiger partial charge in [-0.3, -0.25) is 4.79 Å². The van der Waals surface area contributed by atoms with E-state index >= 15 is 0 Å². The van der Waals surface area contributed by atoms with Gasteiger partial charge in [-0.05, 0) is 55.0 Å². The number of nitrogens with one attached hydrogen (secondary N) is 2. The Bertz CT molecular complexity index is 1170. The number of hydrogen-bond donors (Lipinski definition) is 2. The summed E-state index contributed by atoms with van der Waals surface area (Å²) in [7, 11) is -2.69. The highest BCUT2D eigenvalue weighted by atomic mass is 35.5. The molecule has 0 unspecified atom stereocenters. The van der Waals surface area contributed by atoms with Crippen molar-refractivity contribution in [1.29, 1.82) is 0 Å². The SMILES string of the molecule is COc1ccc(Cl)cc1S(=O)(=O)N[C@@H](C)C(=O)Nc1ccc(OCc2ccccc2)cc1. The average Bonchev–Trinajstić information content (AvgIpc) is 2.79. The molecule has 1 atom stereocenters. The third-order valence-corrected chi connectivity index (χ3v) is 6.31. The standard InChI is InChI=1S/C23H23ClN2O5S/c1-16(26-32(28,29)22-14-18(24)8-13-21(22)30-2)23(27)25-19-9-11-20(12-10-19)31-15-17-6-4-3-5-7-17/h3-14,16,26H,15H2,1-2H3,(H,25,27)/t16-/m0/s1. The number of anilines is 1. The molecule has 0 bridgehead atoms. The minimum absolute atomic E-state index is 0.126. The molecule has 1 amide bonds. The fraction of sp³-hybridized carbons (Fsp3) is 0.174. The van der Waals surface area contributed by atoms with Crippen LogP contribution in [0, 0.1) is 0 Å². The lowest BCUT2D eigenvalue weighted by molar-refractivity contribution is -0.117. The van der Waals surface area contributed by atoms with Gasteiger partial charge in [-0.25, -0.2) is 8.42 Å². The molecule has 0 heterocycles. The van der Waals surface area contributed by atoms with Gasteiger partial charge in [0.05, 0.1) is 13.2 Å². The van der Waals surface area contributed by atoms with Crippen LogP contribution in [0.15, 0.2) is 77.7 Å². The number of sulfonamides is 1. The molecule has 0 aliphatic carbocycles. The number of carbonyl (C=O) groups excluding carboxylic acids is 1. The van der Waals surface area contributed by atoms with Crippen molar-refractivity contribution in [2.75, 3.05) is 12.4 Å². The topological polar surface area (TPSA) is 93.7 Å². The first-order chi connectivity index (χ1) is 15.3. The Morgan fingerprint density at radius 1 is 1.03 bits per heavy atom. The first-order valence-electron chi connectivity index (χ1n) is 9.72. The van der Waals surface area contributed by atoms with Gasteiger partial charge in [0.1, 0.15) is 23.0 Å². The molecule has 0 aromatic heterocycles. The first-order valence-corrected chi connectivity index (χ1v) is 11.6. The van der Waals surface area contributed by atoms with Crippen LogP contribution in [-0.4, -0.2) is 27.5 Å². The van der Waals surface area contributed by atoms with E-state index in [4.69, 9.17) is 21.1 Å². The van der Waals surface area contributed by atoms with Gasteiger partial charge in [-0.15, -0.1) is 0 Å². The normalized spacial score (nSPS) is 12.1. The number of carbonyl (C=O) groups is 1. The van der Waals surface area contributed by atoms with Gasteiger partial charge in [-0.1, -0.05) is 41.9 Å². The van der Waals surface area contributed by atoms with Crippen LogP contribution in [0.5, 0.6) is 11.5 Å². The van der Waals surface area contributed by atoms with Gasteiger partial charge in [-0.2, -0.15) is 4.72 Å².